The van der Waals surface area contributed by atoms with E-state index in [4.69, 9.17) is 0 Å². The van der Waals surface area contributed by atoms with E-state index in [2.05, 4.69) is 35.3 Å². The fourth-order valence-electron chi connectivity index (χ4n) is 3.49. The Morgan fingerprint density at radius 3 is 3.05 bits per heavy atom. The van der Waals surface area contributed by atoms with Gasteiger partial charge in [0.05, 0.1) is 0 Å². The van der Waals surface area contributed by atoms with Crippen molar-refractivity contribution < 1.29 is 0 Å². The van der Waals surface area contributed by atoms with Crippen LogP contribution in [0.2, 0.25) is 0 Å². The third-order valence-electron chi connectivity index (χ3n) is 4.82. The average Bonchev–Trinajstić information content (AvgIpc) is 2.72. The topological polar surface area (TPSA) is 15.3 Å². The number of nitrogens with one attached hydrogen (secondary N) is 1. The molecule has 2 nitrogen and oxygen atoms in total. The molecular weight excluding hydrogens is 232 g/mol. The first kappa shape index (κ1) is 12.8. The molecule has 1 aromatic rings. The molecule has 2 heteroatoms. The molecule has 1 unspecified atom stereocenters. The summed E-state index contributed by atoms with van der Waals surface area (Å²) >= 11 is 0. The zero-order chi connectivity index (χ0) is 13.1. The summed E-state index contributed by atoms with van der Waals surface area (Å²) in [5.74, 6) is 0.948. The van der Waals surface area contributed by atoms with Gasteiger partial charge in [0.25, 0.3) is 0 Å². The lowest BCUT2D eigenvalue weighted by Gasteiger charge is -2.26. The minimum atomic E-state index is 0.948. The van der Waals surface area contributed by atoms with Crippen LogP contribution in [0.25, 0.3) is 0 Å². The normalized spacial score (nSPS) is 23.4. The van der Waals surface area contributed by atoms with Gasteiger partial charge in [0.2, 0.25) is 0 Å². The second-order valence-electron chi connectivity index (χ2n) is 6.06. The summed E-state index contributed by atoms with van der Waals surface area (Å²) in [5, 5.41) is 3.50. The van der Waals surface area contributed by atoms with Crippen LogP contribution >= 0.6 is 0 Å². The van der Waals surface area contributed by atoms with Gasteiger partial charge < -0.3 is 10.2 Å². The third-order valence-corrected chi connectivity index (χ3v) is 4.82. The van der Waals surface area contributed by atoms with Crippen molar-refractivity contribution in [3.63, 3.8) is 0 Å². The largest absolute Gasteiger partial charge is 0.385 e. The molecule has 1 saturated heterocycles. The lowest BCUT2D eigenvalue weighted by Crippen LogP contribution is -2.24. The SMILES string of the molecule is CCC1CCCN(c2ccc3c(c2)CCCN3)CC1. The van der Waals surface area contributed by atoms with Gasteiger partial charge in [-0.15, -0.1) is 0 Å². The predicted molar refractivity (Wildman–Crippen MR) is 83.1 cm³/mol. The van der Waals surface area contributed by atoms with E-state index in [0.717, 1.165) is 12.5 Å². The Balaban J connectivity index is 1.74. The van der Waals surface area contributed by atoms with Crippen LogP contribution in [-0.4, -0.2) is 19.6 Å². The summed E-state index contributed by atoms with van der Waals surface area (Å²) in [6.45, 7) is 5.95. The maximum atomic E-state index is 3.50. The third kappa shape index (κ3) is 2.88. The summed E-state index contributed by atoms with van der Waals surface area (Å²) in [4.78, 5) is 2.60. The van der Waals surface area contributed by atoms with Crippen molar-refractivity contribution in [2.45, 2.75) is 45.4 Å². The van der Waals surface area contributed by atoms with Crippen LogP contribution in [0, 0.1) is 5.92 Å². The first-order chi connectivity index (χ1) is 9.36. The zero-order valence-electron chi connectivity index (χ0n) is 12.1. The van der Waals surface area contributed by atoms with Gasteiger partial charge in [-0.1, -0.05) is 13.3 Å². The first-order valence-corrected chi connectivity index (χ1v) is 7.98. The predicted octanol–water partition coefficient (Wildman–Crippen LogP) is 4.06. The summed E-state index contributed by atoms with van der Waals surface area (Å²) in [6.07, 6.45) is 8.00. The number of aryl methyl sites for hydroxylation is 1. The molecule has 0 aromatic heterocycles. The highest BCUT2D eigenvalue weighted by atomic mass is 15.1. The molecule has 0 spiro atoms. The fraction of sp³-hybridized carbons (Fsp3) is 0.647. The molecule has 2 aliphatic rings. The Morgan fingerprint density at radius 1 is 1.21 bits per heavy atom. The Labute approximate surface area is 117 Å². The van der Waals surface area contributed by atoms with Crippen LogP contribution in [0.4, 0.5) is 11.4 Å². The van der Waals surface area contributed by atoms with Gasteiger partial charge in [0.15, 0.2) is 0 Å². The molecule has 1 atom stereocenters. The summed E-state index contributed by atoms with van der Waals surface area (Å²) in [7, 11) is 0. The molecule has 0 amide bonds. The summed E-state index contributed by atoms with van der Waals surface area (Å²) in [5.41, 5.74) is 4.32. The Bertz CT molecular complexity index is 427. The Morgan fingerprint density at radius 2 is 2.16 bits per heavy atom. The van der Waals surface area contributed by atoms with E-state index in [-0.39, 0.29) is 0 Å². The van der Waals surface area contributed by atoms with Crippen molar-refractivity contribution in [2.75, 3.05) is 29.9 Å². The molecule has 2 aliphatic heterocycles. The van der Waals surface area contributed by atoms with Crippen molar-refractivity contribution in [2.24, 2.45) is 5.92 Å². The van der Waals surface area contributed by atoms with E-state index < -0.39 is 0 Å². The van der Waals surface area contributed by atoms with Crippen LogP contribution < -0.4 is 10.2 Å². The highest BCUT2D eigenvalue weighted by Crippen LogP contribution is 2.29. The molecule has 1 aromatic carbocycles. The van der Waals surface area contributed by atoms with Crippen molar-refractivity contribution in [1.29, 1.82) is 0 Å². The summed E-state index contributed by atoms with van der Waals surface area (Å²) < 4.78 is 0. The van der Waals surface area contributed by atoms with Crippen LogP contribution in [0.5, 0.6) is 0 Å². The van der Waals surface area contributed by atoms with E-state index in [0.29, 0.717) is 0 Å². The van der Waals surface area contributed by atoms with E-state index in [9.17, 15) is 0 Å². The number of benzene rings is 1. The summed E-state index contributed by atoms with van der Waals surface area (Å²) in [6, 6.07) is 7.02. The zero-order valence-corrected chi connectivity index (χ0v) is 12.1. The number of rotatable bonds is 2. The molecule has 19 heavy (non-hydrogen) atoms. The highest BCUT2D eigenvalue weighted by molar-refractivity contribution is 5.61. The average molecular weight is 258 g/mol. The van der Waals surface area contributed by atoms with Gasteiger partial charge in [-0.05, 0) is 61.8 Å². The molecule has 0 radical (unpaired) electrons. The highest BCUT2D eigenvalue weighted by Gasteiger charge is 2.17. The standard InChI is InChI=1S/C17H26N2/c1-2-14-5-4-11-19(12-9-14)16-7-8-17-15(13-16)6-3-10-18-17/h7-8,13-14,18H,2-6,9-12H2,1H3. The monoisotopic (exact) mass is 258 g/mol. The molecule has 104 valence electrons. The van der Waals surface area contributed by atoms with Crippen molar-refractivity contribution in [3.05, 3.63) is 23.8 Å². The van der Waals surface area contributed by atoms with Crippen LogP contribution in [-0.2, 0) is 6.42 Å². The quantitative estimate of drug-likeness (QED) is 0.860. The second kappa shape index (κ2) is 5.85. The molecule has 0 bridgehead atoms. The number of hydrogen-bond acceptors (Lipinski definition) is 2. The van der Waals surface area contributed by atoms with E-state index in [1.54, 1.807) is 0 Å². The van der Waals surface area contributed by atoms with Crippen molar-refractivity contribution in [3.8, 4) is 0 Å². The Kier molecular flexibility index (Phi) is 3.95. The second-order valence-corrected chi connectivity index (χ2v) is 6.06. The molecule has 0 aliphatic carbocycles. The smallest absolute Gasteiger partial charge is 0.0374 e. The maximum absolute atomic E-state index is 3.50. The maximum Gasteiger partial charge on any atom is 0.0374 e. The number of anilines is 2. The van der Waals surface area contributed by atoms with Crippen LogP contribution in [0.1, 0.15) is 44.6 Å². The van der Waals surface area contributed by atoms with Crippen LogP contribution in [0.3, 0.4) is 0 Å². The van der Waals surface area contributed by atoms with Gasteiger partial charge in [-0.25, -0.2) is 0 Å². The van der Waals surface area contributed by atoms with E-state index in [1.165, 1.54) is 68.6 Å². The number of nitrogens with zero attached hydrogens (tertiary/aromatic N) is 1. The van der Waals surface area contributed by atoms with Crippen LogP contribution in [0.15, 0.2) is 18.2 Å². The van der Waals surface area contributed by atoms with Crippen molar-refractivity contribution >= 4 is 11.4 Å². The lowest BCUT2D eigenvalue weighted by molar-refractivity contribution is 0.459. The molecule has 1 fully saturated rings. The molecule has 2 heterocycles. The van der Waals surface area contributed by atoms with Gasteiger partial charge in [-0.2, -0.15) is 0 Å². The molecule has 3 rings (SSSR count). The Hall–Kier alpha value is -1.18. The minimum Gasteiger partial charge on any atom is -0.385 e. The number of fused-ring (bicyclic) bond motifs is 1. The number of hydrogen-bond donors (Lipinski definition) is 1. The fourth-order valence-corrected chi connectivity index (χ4v) is 3.49. The van der Waals surface area contributed by atoms with Gasteiger partial charge in [0, 0.05) is 31.0 Å². The van der Waals surface area contributed by atoms with Crippen molar-refractivity contribution in [1.82, 2.24) is 0 Å². The van der Waals surface area contributed by atoms with Gasteiger partial charge >= 0.3 is 0 Å². The first-order valence-electron chi connectivity index (χ1n) is 7.98. The molecule has 0 saturated carbocycles. The minimum absolute atomic E-state index is 0.948. The van der Waals surface area contributed by atoms with Gasteiger partial charge in [0.1, 0.15) is 0 Å². The molecule has 1 N–H and O–H groups in total. The lowest BCUT2D eigenvalue weighted by atomic mass is 9.98. The van der Waals surface area contributed by atoms with E-state index >= 15 is 0 Å². The van der Waals surface area contributed by atoms with E-state index in [1.807, 2.05) is 0 Å². The molecular formula is C17H26N2. The van der Waals surface area contributed by atoms with Gasteiger partial charge in [-0.3, -0.25) is 0 Å².